The molecule has 0 fully saturated rings. The average Bonchev–Trinajstić information content (AvgIpc) is 1.65. The summed E-state index contributed by atoms with van der Waals surface area (Å²) in [4.78, 5) is 3.66. The van der Waals surface area contributed by atoms with E-state index < -0.39 is 0 Å². The number of aliphatic imine (C=N–C) groups is 1. The Hall–Kier alpha value is -1.10. The Morgan fingerprint density at radius 2 is 2.12 bits per heavy atom. The Labute approximate surface area is 49.1 Å². The fraction of sp³-hybridized carbons (Fsp3) is 0.333. The zero-order valence-electron chi connectivity index (χ0n) is 5.02. The highest BCUT2D eigenvalue weighted by Crippen LogP contribution is 1.75. The van der Waals surface area contributed by atoms with E-state index in [1.54, 1.807) is 13.8 Å². The van der Waals surface area contributed by atoms with Gasteiger partial charge in [-0.05, 0) is 13.8 Å². The molecule has 2 nitrogen and oxygen atoms in total. The van der Waals surface area contributed by atoms with Gasteiger partial charge in [-0.1, -0.05) is 5.92 Å². The third kappa shape index (κ3) is 3.10. The smallest absolute Gasteiger partial charge is 0.118 e. The monoisotopic (exact) mass is 108 g/mol. The molecule has 0 unspecified atom stereocenters. The molecule has 0 radical (unpaired) electrons. The number of nitrogens with one attached hydrogen (secondary N) is 1. The van der Waals surface area contributed by atoms with Crippen molar-refractivity contribution in [1.29, 1.82) is 5.41 Å². The predicted molar refractivity (Wildman–Crippen MR) is 35.3 cm³/mol. The number of hydrogen-bond donors (Lipinski definition) is 1. The molecular weight excluding hydrogens is 100 g/mol. The molecule has 0 aromatic rings. The van der Waals surface area contributed by atoms with Crippen LogP contribution in [0, 0.1) is 17.8 Å². The van der Waals surface area contributed by atoms with Gasteiger partial charge in [0.15, 0.2) is 0 Å². The van der Waals surface area contributed by atoms with Crippen LogP contribution in [0.1, 0.15) is 13.8 Å². The minimum absolute atomic E-state index is 0.250. The minimum atomic E-state index is 0.250. The lowest BCUT2D eigenvalue weighted by Crippen LogP contribution is -1.89. The van der Waals surface area contributed by atoms with Gasteiger partial charge in [-0.3, -0.25) is 5.41 Å². The number of amidine groups is 1. The van der Waals surface area contributed by atoms with Gasteiger partial charge in [0.2, 0.25) is 0 Å². The first-order chi connectivity index (χ1) is 3.66. The van der Waals surface area contributed by atoms with Gasteiger partial charge in [-0.2, -0.15) is 0 Å². The summed E-state index contributed by atoms with van der Waals surface area (Å²) >= 11 is 0. The summed E-state index contributed by atoms with van der Waals surface area (Å²) in [6.07, 6.45) is 4.94. The van der Waals surface area contributed by atoms with Crippen LogP contribution in [0.3, 0.4) is 0 Å². The molecule has 0 amide bonds. The van der Waals surface area contributed by atoms with Crippen LogP contribution in [-0.2, 0) is 0 Å². The van der Waals surface area contributed by atoms with E-state index >= 15 is 0 Å². The van der Waals surface area contributed by atoms with E-state index in [1.807, 2.05) is 0 Å². The van der Waals surface area contributed by atoms with Gasteiger partial charge in [0.1, 0.15) is 5.84 Å². The molecular formula is C6H8N2. The van der Waals surface area contributed by atoms with Crippen molar-refractivity contribution < 1.29 is 0 Å². The van der Waals surface area contributed by atoms with Crippen molar-refractivity contribution in [2.45, 2.75) is 13.8 Å². The maximum absolute atomic E-state index is 6.84. The number of rotatable bonds is 0. The third-order valence-electron chi connectivity index (χ3n) is 0.544. The summed E-state index contributed by atoms with van der Waals surface area (Å²) in [6.45, 7) is 3.28. The second kappa shape index (κ2) is 2.98. The minimum Gasteiger partial charge on any atom is -0.287 e. The molecule has 42 valence electrons. The van der Waals surface area contributed by atoms with Crippen molar-refractivity contribution in [3.8, 4) is 12.3 Å². The van der Waals surface area contributed by atoms with Gasteiger partial charge < -0.3 is 0 Å². The lowest BCUT2D eigenvalue weighted by molar-refractivity contribution is 1.41. The summed E-state index contributed by atoms with van der Waals surface area (Å²) in [5.74, 6) is 2.56. The summed E-state index contributed by atoms with van der Waals surface area (Å²) < 4.78 is 0. The van der Waals surface area contributed by atoms with Crippen molar-refractivity contribution in [2.24, 2.45) is 4.99 Å². The summed E-state index contributed by atoms with van der Waals surface area (Å²) in [7, 11) is 0. The third-order valence-corrected chi connectivity index (χ3v) is 0.544. The second-order valence-corrected chi connectivity index (χ2v) is 1.43. The van der Waals surface area contributed by atoms with Gasteiger partial charge in [0.25, 0.3) is 0 Å². The summed E-state index contributed by atoms with van der Waals surface area (Å²) in [5, 5.41) is 6.84. The first-order valence-corrected chi connectivity index (χ1v) is 2.24. The normalized spacial score (nSPS) is 10.4. The highest BCUT2D eigenvalue weighted by atomic mass is 14.8. The maximum Gasteiger partial charge on any atom is 0.118 e. The molecule has 0 aromatic carbocycles. The molecule has 0 heterocycles. The largest absolute Gasteiger partial charge is 0.287 e. The number of nitrogens with zero attached hydrogens (tertiary/aromatic N) is 1. The van der Waals surface area contributed by atoms with Gasteiger partial charge in [0.05, 0.1) is 5.71 Å². The zero-order chi connectivity index (χ0) is 6.57. The van der Waals surface area contributed by atoms with Gasteiger partial charge in [0, 0.05) is 0 Å². The molecule has 0 aliphatic carbocycles. The van der Waals surface area contributed by atoms with Crippen molar-refractivity contribution in [3.63, 3.8) is 0 Å². The predicted octanol–water partition coefficient (Wildman–Crippen LogP) is 1.08. The van der Waals surface area contributed by atoms with E-state index in [1.165, 1.54) is 0 Å². The fourth-order valence-corrected chi connectivity index (χ4v) is 0.284. The molecule has 0 spiro atoms. The Kier molecular flexibility index (Phi) is 2.57. The average molecular weight is 108 g/mol. The Bertz CT molecular complexity index is 160. The van der Waals surface area contributed by atoms with Crippen LogP contribution < -0.4 is 0 Å². The molecule has 0 rings (SSSR count). The summed E-state index contributed by atoms with van der Waals surface area (Å²) in [5.41, 5.74) is 0.553. The number of hydrogen-bond acceptors (Lipinski definition) is 1. The van der Waals surface area contributed by atoms with Gasteiger partial charge >= 0.3 is 0 Å². The molecule has 0 aliphatic heterocycles. The summed E-state index contributed by atoms with van der Waals surface area (Å²) in [6, 6.07) is 0. The first-order valence-electron chi connectivity index (χ1n) is 2.24. The SMILES string of the molecule is C#CC(C)=NC(C)=N. The Morgan fingerprint density at radius 3 is 2.25 bits per heavy atom. The maximum atomic E-state index is 6.84. The second-order valence-electron chi connectivity index (χ2n) is 1.43. The van der Waals surface area contributed by atoms with Crippen LogP contribution >= 0.6 is 0 Å². The first kappa shape index (κ1) is 6.90. The highest BCUT2D eigenvalue weighted by molar-refractivity contribution is 6.04. The fourth-order valence-electron chi connectivity index (χ4n) is 0.284. The zero-order valence-corrected chi connectivity index (χ0v) is 5.02. The van der Waals surface area contributed by atoms with E-state index in [-0.39, 0.29) is 5.84 Å². The molecule has 1 N–H and O–H groups in total. The van der Waals surface area contributed by atoms with Gasteiger partial charge in [-0.25, -0.2) is 4.99 Å². The number of terminal acetylenes is 1. The lowest BCUT2D eigenvalue weighted by Gasteiger charge is -1.83. The lowest BCUT2D eigenvalue weighted by atomic mass is 10.4. The molecule has 0 bridgehead atoms. The van der Waals surface area contributed by atoms with Crippen LogP contribution in [0.15, 0.2) is 4.99 Å². The molecule has 0 aromatic heterocycles. The van der Waals surface area contributed by atoms with Crippen molar-refractivity contribution in [1.82, 2.24) is 0 Å². The van der Waals surface area contributed by atoms with E-state index in [0.29, 0.717) is 5.71 Å². The Balaban J connectivity index is 4.01. The Morgan fingerprint density at radius 1 is 1.62 bits per heavy atom. The quantitative estimate of drug-likeness (QED) is 0.274. The van der Waals surface area contributed by atoms with Crippen molar-refractivity contribution in [2.75, 3.05) is 0 Å². The van der Waals surface area contributed by atoms with Crippen LogP contribution in [0.4, 0.5) is 0 Å². The van der Waals surface area contributed by atoms with Crippen LogP contribution in [0.25, 0.3) is 0 Å². The molecule has 2 heteroatoms. The molecule has 0 saturated heterocycles. The highest BCUT2D eigenvalue weighted by Gasteiger charge is 1.80. The molecule has 0 saturated carbocycles. The van der Waals surface area contributed by atoms with Crippen molar-refractivity contribution >= 4 is 11.5 Å². The van der Waals surface area contributed by atoms with E-state index in [4.69, 9.17) is 11.8 Å². The van der Waals surface area contributed by atoms with E-state index in [9.17, 15) is 0 Å². The van der Waals surface area contributed by atoms with Crippen LogP contribution in [-0.4, -0.2) is 11.5 Å². The topological polar surface area (TPSA) is 36.2 Å². The molecule has 0 aliphatic rings. The van der Waals surface area contributed by atoms with Crippen molar-refractivity contribution in [3.05, 3.63) is 0 Å². The van der Waals surface area contributed by atoms with E-state index in [0.717, 1.165) is 0 Å². The molecule has 0 atom stereocenters. The standard InChI is InChI=1S/C6H8N2/c1-4-5(2)8-6(3)7/h1,7H,2-3H3. The van der Waals surface area contributed by atoms with Gasteiger partial charge in [-0.15, -0.1) is 6.42 Å². The van der Waals surface area contributed by atoms with E-state index in [2.05, 4.69) is 10.9 Å². The molecule has 8 heavy (non-hydrogen) atoms. The van der Waals surface area contributed by atoms with Crippen LogP contribution in [0.5, 0.6) is 0 Å². The van der Waals surface area contributed by atoms with Crippen LogP contribution in [0.2, 0.25) is 0 Å².